The molecule has 0 bridgehead atoms. The molecule has 0 aliphatic carbocycles. The molecular weight excluding hydrogens is 316 g/mol. The highest BCUT2D eigenvalue weighted by molar-refractivity contribution is 5.82. The maximum atomic E-state index is 12.5. The Kier molecular flexibility index (Phi) is 4.26. The van der Waals surface area contributed by atoms with Gasteiger partial charge in [-0.05, 0) is 17.5 Å². The fraction of sp³-hybridized carbons (Fsp3) is 0.211. The topological polar surface area (TPSA) is 79.9 Å². The van der Waals surface area contributed by atoms with Crippen molar-refractivity contribution in [2.75, 3.05) is 6.61 Å². The third kappa shape index (κ3) is 3.29. The predicted octanol–water partition coefficient (Wildman–Crippen LogP) is 2.40. The first kappa shape index (κ1) is 15.5. The van der Waals surface area contributed by atoms with Gasteiger partial charge >= 0.3 is 0 Å². The summed E-state index contributed by atoms with van der Waals surface area (Å²) in [7, 11) is 0. The number of rotatable bonds is 4. The Morgan fingerprint density at radius 3 is 2.84 bits per heavy atom. The minimum absolute atomic E-state index is 0.162. The van der Waals surface area contributed by atoms with Crippen molar-refractivity contribution < 1.29 is 9.53 Å². The number of H-pyrrole nitrogens is 1. The second-order valence-corrected chi connectivity index (χ2v) is 5.89. The lowest BCUT2D eigenvalue weighted by Gasteiger charge is -2.24. The summed E-state index contributed by atoms with van der Waals surface area (Å²) in [6, 6.07) is 17.6. The van der Waals surface area contributed by atoms with Crippen LogP contribution >= 0.6 is 0 Å². The molecule has 1 aromatic heterocycles. The molecule has 2 aromatic carbocycles. The second kappa shape index (κ2) is 6.86. The van der Waals surface area contributed by atoms with E-state index in [1.54, 1.807) is 0 Å². The van der Waals surface area contributed by atoms with Crippen molar-refractivity contribution in [3.63, 3.8) is 0 Å². The average Bonchev–Trinajstić information content (AvgIpc) is 3.15. The van der Waals surface area contributed by atoms with Crippen LogP contribution in [0.2, 0.25) is 0 Å². The molecule has 3 aromatic rings. The summed E-state index contributed by atoms with van der Waals surface area (Å²) >= 11 is 0. The van der Waals surface area contributed by atoms with Crippen LogP contribution in [-0.4, -0.2) is 27.7 Å². The summed E-state index contributed by atoms with van der Waals surface area (Å²) < 4.78 is 5.67. The number of carbonyl (C=O) groups excluding carboxylic acids is 1. The fourth-order valence-electron chi connectivity index (χ4n) is 2.97. The molecule has 2 N–H and O–H groups in total. The highest BCUT2D eigenvalue weighted by Crippen LogP contribution is 2.27. The molecule has 4 rings (SSSR count). The number of aromatic nitrogens is 3. The number of fused-ring (bicyclic) bond motifs is 1. The zero-order chi connectivity index (χ0) is 17.1. The number of amides is 1. The molecule has 0 fully saturated rings. The van der Waals surface area contributed by atoms with Gasteiger partial charge in [0.05, 0.1) is 13.2 Å². The van der Waals surface area contributed by atoms with Crippen LogP contribution in [0.25, 0.3) is 11.4 Å². The smallest absolute Gasteiger partial charge is 0.254 e. The zero-order valence-corrected chi connectivity index (χ0v) is 13.6. The van der Waals surface area contributed by atoms with E-state index in [-0.39, 0.29) is 12.5 Å². The Bertz CT molecular complexity index is 876. The molecule has 0 saturated carbocycles. The summed E-state index contributed by atoms with van der Waals surface area (Å²) in [5.41, 5.74) is 3.04. The summed E-state index contributed by atoms with van der Waals surface area (Å²) in [6.45, 7) is 0.830. The van der Waals surface area contributed by atoms with E-state index in [0.29, 0.717) is 18.3 Å². The molecule has 6 nitrogen and oxygen atoms in total. The Balaban J connectivity index is 1.42. The van der Waals surface area contributed by atoms with Gasteiger partial charge in [0.15, 0.2) is 11.9 Å². The Morgan fingerprint density at radius 2 is 1.96 bits per heavy atom. The van der Waals surface area contributed by atoms with Crippen LogP contribution < -0.4 is 5.32 Å². The summed E-state index contributed by atoms with van der Waals surface area (Å²) in [5.74, 6) is 1.06. The second-order valence-electron chi connectivity index (χ2n) is 5.89. The summed E-state index contributed by atoms with van der Waals surface area (Å²) in [6.07, 6.45) is 0.268. The fourth-order valence-corrected chi connectivity index (χ4v) is 2.97. The van der Waals surface area contributed by atoms with E-state index < -0.39 is 6.10 Å². The Hall–Kier alpha value is -2.99. The van der Waals surface area contributed by atoms with E-state index in [2.05, 4.69) is 20.5 Å². The van der Waals surface area contributed by atoms with Crippen molar-refractivity contribution in [1.82, 2.24) is 20.5 Å². The number of carbonyl (C=O) groups is 1. The number of nitrogens with one attached hydrogen (secondary N) is 2. The van der Waals surface area contributed by atoms with E-state index in [4.69, 9.17) is 4.74 Å². The van der Waals surface area contributed by atoms with Crippen LogP contribution in [0.1, 0.15) is 23.1 Å². The maximum Gasteiger partial charge on any atom is 0.254 e. The van der Waals surface area contributed by atoms with Gasteiger partial charge in [-0.25, -0.2) is 4.98 Å². The lowest BCUT2D eigenvalue weighted by molar-refractivity contribution is -0.134. The van der Waals surface area contributed by atoms with Gasteiger partial charge in [-0.1, -0.05) is 54.6 Å². The van der Waals surface area contributed by atoms with Crippen molar-refractivity contribution in [2.24, 2.45) is 0 Å². The van der Waals surface area contributed by atoms with Gasteiger partial charge in [-0.3, -0.25) is 9.89 Å². The van der Waals surface area contributed by atoms with E-state index >= 15 is 0 Å². The number of ether oxygens (including phenoxy) is 1. The molecule has 0 unspecified atom stereocenters. The molecule has 1 atom stereocenters. The first-order valence-electron chi connectivity index (χ1n) is 8.25. The van der Waals surface area contributed by atoms with E-state index in [1.165, 1.54) is 5.56 Å². The third-order valence-corrected chi connectivity index (χ3v) is 4.23. The average molecular weight is 334 g/mol. The molecular formula is C19H18N4O2. The first-order chi connectivity index (χ1) is 12.3. The van der Waals surface area contributed by atoms with Crippen LogP contribution in [0.4, 0.5) is 0 Å². The first-order valence-corrected chi connectivity index (χ1v) is 8.25. The van der Waals surface area contributed by atoms with Gasteiger partial charge < -0.3 is 10.1 Å². The number of aromatic amines is 1. The molecule has 0 saturated heterocycles. The van der Waals surface area contributed by atoms with Crippen LogP contribution in [-0.2, 0) is 22.5 Å². The van der Waals surface area contributed by atoms with Crippen molar-refractivity contribution in [1.29, 1.82) is 0 Å². The number of hydrogen-bond acceptors (Lipinski definition) is 4. The van der Waals surface area contributed by atoms with Crippen LogP contribution in [0, 0.1) is 0 Å². The lowest BCUT2D eigenvalue weighted by atomic mass is 9.97. The van der Waals surface area contributed by atoms with Gasteiger partial charge in [0.2, 0.25) is 0 Å². The van der Waals surface area contributed by atoms with E-state index in [9.17, 15) is 4.79 Å². The van der Waals surface area contributed by atoms with Crippen molar-refractivity contribution in [2.45, 2.75) is 19.1 Å². The normalized spacial score (nSPS) is 16.2. The highest BCUT2D eigenvalue weighted by Gasteiger charge is 2.27. The molecule has 0 radical (unpaired) electrons. The van der Waals surface area contributed by atoms with E-state index in [1.807, 2.05) is 54.6 Å². The van der Waals surface area contributed by atoms with Crippen molar-refractivity contribution in [3.8, 4) is 11.4 Å². The lowest BCUT2D eigenvalue weighted by Crippen LogP contribution is -2.33. The SMILES string of the molecule is O=C(NCc1nc(-c2ccccc2)n[nH]1)[C@H]1OCCc2ccccc21. The zero-order valence-electron chi connectivity index (χ0n) is 13.6. The van der Waals surface area contributed by atoms with Crippen molar-refractivity contribution >= 4 is 5.91 Å². The molecule has 126 valence electrons. The highest BCUT2D eigenvalue weighted by atomic mass is 16.5. The van der Waals surface area contributed by atoms with Gasteiger partial charge in [0, 0.05) is 5.56 Å². The Labute approximate surface area is 145 Å². The molecule has 0 spiro atoms. The van der Waals surface area contributed by atoms with Crippen LogP contribution in [0.15, 0.2) is 54.6 Å². The maximum absolute atomic E-state index is 12.5. The van der Waals surface area contributed by atoms with Gasteiger partial charge in [0.1, 0.15) is 5.82 Å². The number of nitrogens with zero attached hydrogens (tertiary/aromatic N) is 2. The largest absolute Gasteiger partial charge is 0.363 e. The molecule has 1 amide bonds. The Morgan fingerprint density at radius 1 is 1.16 bits per heavy atom. The molecule has 25 heavy (non-hydrogen) atoms. The number of hydrogen-bond donors (Lipinski definition) is 2. The van der Waals surface area contributed by atoms with Crippen LogP contribution in [0.5, 0.6) is 0 Å². The molecule has 1 aliphatic rings. The summed E-state index contributed by atoms with van der Waals surface area (Å²) in [5, 5.41) is 9.94. The molecule has 2 heterocycles. The van der Waals surface area contributed by atoms with Gasteiger partial charge in [-0.2, -0.15) is 5.10 Å². The predicted molar refractivity (Wildman–Crippen MR) is 92.5 cm³/mol. The van der Waals surface area contributed by atoms with Crippen molar-refractivity contribution in [3.05, 3.63) is 71.5 Å². The minimum atomic E-state index is -0.568. The van der Waals surface area contributed by atoms with Gasteiger partial charge in [-0.15, -0.1) is 0 Å². The molecule has 1 aliphatic heterocycles. The third-order valence-electron chi connectivity index (χ3n) is 4.23. The van der Waals surface area contributed by atoms with E-state index in [0.717, 1.165) is 17.5 Å². The monoisotopic (exact) mass is 334 g/mol. The molecule has 6 heteroatoms. The van der Waals surface area contributed by atoms with Crippen LogP contribution in [0.3, 0.4) is 0 Å². The minimum Gasteiger partial charge on any atom is -0.363 e. The van der Waals surface area contributed by atoms with Gasteiger partial charge in [0.25, 0.3) is 5.91 Å². The summed E-state index contributed by atoms with van der Waals surface area (Å²) in [4.78, 5) is 16.9. The quantitative estimate of drug-likeness (QED) is 0.768. The number of benzene rings is 2. The standard InChI is InChI=1S/C19H18N4O2/c24-19(17-15-9-5-4-6-13(15)10-11-25-17)20-12-16-21-18(23-22-16)14-7-2-1-3-8-14/h1-9,17H,10-12H2,(H,20,24)(H,21,22,23)/t17-/m0/s1.